The first-order valence-corrected chi connectivity index (χ1v) is 14.7. The van der Waals surface area contributed by atoms with Crippen LogP contribution in [0.4, 0.5) is 10.1 Å². The second-order valence-corrected chi connectivity index (χ2v) is 12.1. The molecule has 3 aliphatic rings. The molecule has 1 N–H and O–H groups in total. The summed E-state index contributed by atoms with van der Waals surface area (Å²) in [5.41, 5.74) is 2.70. The fraction of sp³-hybridized carbons (Fsp3) is 0.613. The molecule has 0 aliphatic carbocycles. The Hall–Kier alpha value is -2.59. The Morgan fingerprint density at radius 2 is 1.93 bits per heavy atom. The van der Waals surface area contributed by atoms with Gasteiger partial charge in [0.05, 0.1) is 25.8 Å². The first-order chi connectivity index (χ1) is 19.3. The van der Waals surface area contributed by atoms with Crippen LogP contribution < -0.4 is 15.0 Å². The summed E-state index contributed by atoms with van der Waals surface area (Å²) >= 11 is 0. The van der Waals surface area contributed by atoms with Crippen molar-refractivity contribution >= 4 is 11.6 Å². The van der Waals surface area contributed by atoms with Crippen LogP contribution in [0.3, 0.4) is 0 Å². The highest BCUT2D eigenvalue weighted by molar-refractivity contribution is 5.97. The lowest BCUT2D eigenvalue weighted by Gasteiger charge is -2.44. The molecule has 2 aromatic rings. The van der Waals surface area contributed by atoms with Gasteiger partial charge in [0.2, 0.25) is 11.8 Å². The first kappa shape index (κ1) is 28.9. The van der Waals surface area contributed by atoms with E-state index in [4.69, 9.17) is 9.47 Å². The minimum absolute atomic E-state index is 0.0547. The summed E-state index contributed by atoms with van der Waals surface area (Å²) in [6.07, 6.45) is 3.25. The Labute approximate surface area is 237 Å². The van der Waals surface area contributed by atoms with Crippen molar-refractivity contribution in [3.8, 4) is 5.88 Å². The van der Waals surface area contributed by atoms with E-state index < -0.39 is 0 Å². The summed E-state index contributed by atoms with van der Waals surface area (Å²) in [5, 5.41) is 3.63. The topological polar surface area (TPSA) is 70.2 Å². The molecule has 1 aromatic heterocycles. The molecule has 9 heteroatoms. The third kappa shape index (κ3) is 7.00. The molecule has 1 aromatic carbocycles. The molecule has 4 atom stereocenters. The van der Waals surface area contributed by atoms with E-state index in [0.29, 0.717) is 43.5 Å². The van der Waals surface area contributed by atoms with Gasteiger partial charge < -0.3 is 14.8 Å². The molecule has 0 spiro atoms. The van der Waals surface area contributed by atoms with Crippen LogP contribution in [-0.4, -0.2) is 97.4 Å². The van der Waals surface area contributed by atoms with E-state index >= 15 is 0 Å². The van der Waals surface area contributed by atoms with Crippen molar-refractivity contribution < 1.29 is 18.7 Å². The van der Waals surface area contributed by atoms with Crippen LogP contribution in [0, 0.1) is 11.7 Å². The Morgan fingerprint density at radius 1 is 1.12 bits per heavy atom. The van der Waals surface area contributed by atoms with Gasteiger partial charge in [-0.25, -0.2) is 9.37 Å². The normalized spacial score (nSPS) is 26.0. The second kappa shape index (κ2) is 12.9. The number of anilines is 1. The number of aromatic nitrogens is 1. The van der Waals surface area contributed by atoms with Gasteiger partial charge in [0, 0.05) is 50.5 Å². The number of rotatable bonds is 8. The molecular formula is C31H44FN5O3. The van der Waals surface area contributed by atoms with Crippen molar-refractivity contribution in [3.05, 3.63) is 53.5 Å². The zero-order valence-electron chi connectivity index (χ0n) is 24.3. The zero-order chi connectivity index (χ0) is 28.2. The minimum atomic E-state index is -0.252. The molecule has 2 fully saturated rings. The summed E-state index contributed by atoms with van der Waals surface area (Å²) in [7, 11) is 0. The number of nitrogens with zero attached hydrogens (tertiary/aromatic N) is 4. The van der Waals surface area contributed by atoms with Crippen LogP contribution in [-0.2, 0) is 16.0 Å². The molecule has 0 unspecified atom stereocenters. The Balaban J connectivity index is 1.38. The number of pyridine rings is 1. The van der Waals surface area contributed by atoms with E-state index in [1.54, 1.807) is 18.3 Å². The Kier molecular flexibility index (Phi) is 9.35. The van der Waals surface area contributed by atoms with Crippen molar-refractivity contribution in [2.75, 3.05) is 57.4 Å². The molecule has 2 saturated heterocycles. The fourth-order valence-corrected chi connectivity index (χ4v) is 6.16. The zero-order valence-corrected chi connectivity index (χ0v) is 24.3. The van der Waals surface area contributed by atoms with Gasteiger partial charge in [-0.05, 0) is 61.9 Å². The van der Waals surface area contributed by atoms with Crippen LogP contribution in [0.5, 0.6) is 5.88 Å². The molecule has 4 heterocycles. The number of morpholine rings is 1. The second-order valence-electron chi connectivity index (χ2n) is 12.1. The molecule has 0 bridgehead atoms. The van der Waals surface area contributed by atoms with Crippen LogP contribution in [0.1, 0.15) is 45.2 Å². The molecule has 1 amide bonds. The minimum Gasteiger partial charge on any atom is -0.474 e. The molecule has 0 radical (unpaired) electrons. The number of nitrogens with one attached hydrogen (secondary N) is 1. The van der Waals surface area contributed by atoms with Gasteiger partial charge in [-0.3, -0.25) is 19.5 Å². The van der Waals surface area contributed by atoms with Gasteiger partial charge in [0.25, 0.3) is 0 Å². The third-order valence-corrected chi connectivity index (χ3v) is 8.28. The maximum atomic E-state index is 14.2. The van der Waals surface area contributed by atoms with Gasteiger partial charge in [-0.1, -0.05) is 26.0 Å². The summed E-state index contributed by atoms with van der Waals surface area (Å²) in [6, 6.07) is 9.43. The predicted octanol–water partition coefficient (Wildman–Crippen LogP) is 3.33. The molecule has 8 nitrogen and oxygen atoms in total. The highest BCUT2D eigenvalue weighted by atomic mass is 19.1. The number of carbonyl (C=O) groups excluding carboxylic acids is 1. The number of benzene rings is 1. The lowest BCUT2D eigenvalue weighted by Crippen LogP contribution is -2.62. The Morgan fingerprint density at radius 3 is 2.67 bits per heavy atom. The van der Waals surface area contributed by atoms with E-state index in [1.807, 2.05) is 11.0 Å². The molecule has 218 valence electrons. The summed E-state index contributed by atoms with van der Waals surface area (Å²) in [6.45, 7) is 14.6. The number of fused-ring (bicyclic) bond motifs is 1. The lowest BCUT2D eigenvalue weighted by molar-refractivity contribution is -0.122. The van der Waals surface area contributed by atoms with Crippen molar-refractivity contribution in [2.24, 2.45) is 5.92 Å². The molecular weight excluding hydrogens is 509 g/mol. The smallest absolute Gasteiger partial charge is 0.241 e. The molecule has 40 heavy (non-hydrogen) atoms. The summed E-state index contributed by atoms with van der Waals surface area (Å²) < 4.78 is 25.2. The molecule has 5 rings (SSSR count). The van der Waals surface area contributed by atoms with Crippen LogP contribution in [0.2, 0.25) is 0 Å². The maximum Gasteiger partial charge on any atom is 0.241 e. The first-order valence-electron chi connectivity index (χ1n) is 14.7. The third-order valence-electron chi connectivity index (χ3n) is 8.28. The lowest BCUT2D eigenvalue weighted by atomic mass is 10.00. The van der Waals surface area contributed by atoms with Gasteiger partial charge >= 0.3 is 0 Å². The number of amides is 1. The average Bonchev–Trinajstić information content (AvgIpc) is 2.92. The summed E-state index contributed by atoms with van der Waals surface area (Å²) in [5.74, 6) is 0.752. The van der Waals surface area contributed by atoms with Gasteiger partial charge in [-0.2, -0.15) is 0 Å². The predicted molar refractivity (Wildman–Crippen MR) is 154 cm³/mol. The largest absolute Gasteiger partial charge is 0.474 e. The molecule has 0 saturated carbocycles. The van der Waals surface area contributed by atoms with Gasteiger partial charge in [0.1, 0.15) is 18.1 Å². The van der Waals surface area contributed by atoms with Crippen LogP contribution in [0.25, 0.3) is 0 Å². The van der Waals surface area contributed by atoms with Crippen molar-refractivity contribution in [1.29, 1.82) is 0 Å². The summed E-state index contributed by atoms with van der Waals surface area (Å²) in [4.78, 5) is 25.7. The number of hydrogen-bond acceptors (Lipinski definition) is 7. The van der Waals surface area contributed by atoms with Crippen LogP contribution >= 0.6 is 0 Å². The van der Waals surface area contributed by atoms with Gasteiger partial charge in [-0.15, -0.1) is 0 Å². The fourth-order valence-electron chi connectivity index (χ4n) is 6.16. The van der Waals surface area contributed by atoms with Crippen LogP contribution in [0.15, 0.2) is 36.5 Å². The maximum absolute atomic E-state index is 14.2. The monoisotopic (exact) mass is 553 g/mol. The Bertz CT molecular complexity index is 1150. The number of hydrogen-bond donors (Lipinski definition) is 1. The van der Waals surface area contributed by atoms with E-state index in [-0.39, 0.29) is 23.8 Å². The highest BCUT2D eigenvalue weighted by Crippen LogP contribution is 2.35. The van der Waals surface area contributed by atoms with Crippen molar-refractivity contribution in [1.82, 2.24) is 20.1 Å². The van der Waals surface area contributed by atoms with Crippen molar-refractivity contribution in [2.45, 2.75) is 64.7 Å². The van der Waals surface area contributed by atoms with E-state index in [2.05, 4.69) is 47.8 Å². The number of piperazine rings is 1. The van der Waals surface area contributed by atoms with E-state index in [1.165, 1.54) is 12.1 Å². The standard InChI is InChI=1S/C31H44FN5O3/c1-21(2)11-27-20-40-31-29(13-25(14-34-31)12-24-5-7-26(32)8-6-24)37(27)30(38)18-36-16-22(3)33-15-28(36)17-35-9-10-39-19-23(35)4/h5-8,13-14,21-23,27-28,33H,9-12,15-20H2,1-4H3/t22-,23-,27+,28-/m1/s1. The highest BCUT2D eigenvalue weighted by Gasteiger charge is 2.37. The van der Waals surface area contributed by atoms with E-state index in [0.717, 1.165) is 62.6 Å². The van der Waals surface area contributed by atoms with Gasteiger partial charge in [0.15, 0.2) is 0 Å². The molecule has 3 aliphatic heterocycles. The van der Waals surface area contributed by atoms with Crippen molar-refractivity contribution in [3.63, 3.8) is 0 Å². The number of carbonyl (C=O) groups is 1. The number of halogens is 1. The SMILES string of the molecule is CC(C)C[C@H]1COc2ncc(Cc3ccc(F)cc3)cc2N1C(=O)CN1C[C@@H](C)NC[C@@H]1CN1CCOC[C@H]1C. The quantitative estimate of drug-likeness (QED) is 0.538. The number of ether oxygens (including phenoxy) is 2. The van der Waals surface area contributed by atoms with E-state index in [9.17, 15) is 9.18 Å². The average molecular weight is 554 g/mol.